The first-order chi connectivity index (χ1) is 28.1. The van der Waals surface area contributed by atoms with E-state index < -0.39 is 14.4 Å². The predicted molar refractivity (Wildman–Crippen MR) is 233 cm³/mol. The molecule has 0 bridgehead atoms. The van der Waals surface area contributed by atoms with Crippen LogP contribution in [0.2, 0.25) is 5.04 Å². The van der Waals surface area contributed by atoms with Crippen LogP contribution in [0.25, 0.3) is 0 Å². The second-order valence-corrected chi connectivity index (χ2v) is 20.5. The van der Waals surface area contributed by atoms with E-state index >= 15 is 0 Å². The van der Waals surface area contributed by atoms with E-state index in [9.17, 15) is 14.7 Å². The summed E-state index contributed by atoms with van der Waals surface area (Å²) in [6.45, 7) is 12.2. The number of urea groups is 1. The van der Waals surface area contributed by atoms with Gasteiger partial charge in [-0.15, -0.1) is 0 Å². The van der Waals surface area contributed by atoms with Crippen molar-refractivity contribution < 1.29 is 28.6 Å². The summed E-state index contributed by atoms with van der Waals surface area (Å²) < 4.78 is 18.4. The summed E-state index contributed by atoms with van der Waals surface area (Å²) in [4.78, 5) is 28.6. The van der Waals surface area contributed by atoms with Gasteiger partial charge in [0.2, 0.25) is 5.91 Å². The van der Waals surface area contributed by atoms with Gasteiger partial charge in [-0.3, -0.25) is 4.79 Å². The van der Waals surface area contributed by atoms with Crippen LogP contribution in [0.4, 0.5) is 10.5 Å². The lowest BCUT2D eigenvalue weighted by molar-refractivity contribution is -0.135. The highest BCUT2D eigenvalue weighted by molar-refractivity contribution is 7.00. The Hall–Kier alpha value is -4.88. The Morgan fingerprint density at radius 1 is 0.793 bits per heavy atom. The molecule has 0 aromatic heterocycles. The number of amides is 3. The van der Waals surface area contributed by atoms with Crippen molar-refractivity contribution in [3.63, 3.8) is 0 Å². The van der Waals surface area contributed by atoms with Gasteiger partial charge >= 0.3 is 14.3 Å². The molecular weight excluding hydrogens is 747 g/mol. The lowest BCUT2D eigenvalue weighted by Crippen LogP contribution is -2.68. The van der Waals surface area contributed by atoms with Gasteiger partial charge in [0, 0.05) is 57.4 Å². The summed E-state index contributed by atoms with van der Waals surface area (Å²) in [5.74, 6) is 1.54. The lowest BCUT2D eigenvalue weighted by Gasteiger charge is -2.43. The van der Waals surface area contributed by atoms with Gasteiger partial charge in [-0.25, -0.2) is 4.79 Å². The quantitative estimate of drug-likeness (QED) is 0.0866. The van der Waals surface area contributed by atoms with Gasteiger partial charge < -0.3 is 44.8 Å². The molecule has 2 aliphatic heterocycles. The maximum Gasteiger partial charge on any atom is 0.319 e. The number of piperidine rings is 1. The Labute approximate surface area is 345 Å². The topological polar surface area (TPSA) is 125 Å². The minimum absolute atomic E-state index is 0.0616. The second kappa shape index (κ2) is 20.7. The molecule has 1 atom stereocenters. The molecule has 12 heteroatoms. The van der Waals surface area contributed by atoms with Crippen LogP contribution in [0, 0.1) is 0 Å². The average molecular weight is 808 g/mol. The Morgan fingerprint density at radius 2 is 1.40 bits per heavy atom. The maximum absolute atomic E-state index is 12.7. The van der Waals surface area contributed by atoms with Crippen molar-refractivity contribution in [2.45, 2.75) is 63.6 Å². The van der Waals surface area contributed by atoms with Crippen molar-refractivity contribution in [2.24, 2.45) is 0 Å². The van der Waals surface area contributed by atoms with Crippen LogP contribution in [-0.2, 0) is 16.0 Å². The Bertz CT molecular complexity index is 1810. The van der Waals surface area contributed by atoms with Crippen molar-refractivity contribution in [3.05, 3.63) is 115 Å². The lowest BCUT2D eigenvalue weighted by atomic mass is 10.0. The first kappa shape index (κ1) is 42.7. The number of anilines is 1. The molecule has 2 aliphatic rings. The maximum atomic E-state index is 12.7. The number of aliphatic hydroxyl groups excluding tert-OH is 1. The molecule has 0 unspecified atom stereocenters. The van der Waals surface area contributed by atoms with Crippen molar-refractivity contribution in [1.29, 1.82) is 0 Å². The highest BCUT2D eigenvalue weighted by Gasteiger charge is 2.52. The fourth-order valence-electron chi connectivity index (χ4n) is 7.77. The van der Waals surface area contributed by atoms with Crippen LogP contribution >= 0.6 is 0 Å². The summed E-state index contributed by atoms with van der Waals surface area (Å²) in [5, 5.41) is 22.8. The minimum atomic E-state index is -2.73. The molecule has 4 N–H and O–H groups in total. The largest absolute Gasteiger partial charge is 0.534 e. The number of ether oxygens (including phenoxy) is 2. The molecule has 6 rings (SSSR count). The molecule has 2 saturated heterocycles. The van der Waals surface area contributed by atoms with Crippen molar-refractivity contribution >= 4 is 36.3 Å². The molecule has 0 radical (unpaired) electrons. The first-order valence-electron chi connectivity index (χ1n) is 20.8. The standard InChI is InChI=1S/C46H61N5O6Si/c1-46(2,3)58(42-10-6-4-7-11-42,43-12-8-5-9-13-43)57-41-20-18-40(19-21-41)56-35-39(52)34-47-26-22-36-14-16-37(17-15-36)49-38-24-28-51(29-25-38)45(54)48-27-23-44(53)50-30-32-55-33-31-50/h4-21,38-39,47,49,52H,22-35H2,1-3H3,(H,48,54)/t39-/m0/s1. The molecule has 310 valence electrons. The zero-order valence-electron chi connectivity index (χ0n) is 34.3. The van der Waals surface area contributed by atoms with Crippen LogP contribution in [0.3, 0.4) is 0 Å². The van der Waals surface area contributed by atoms with Gasteiger partial charge in [0.15, 0.2) is 0 Å². The van der Waals surface area contributed by atoms with Gasteiger partial charge in [-0.1, -0.05) is 93.6 Å². The van der Waals surface area contributed by atoms with Crippen LogP contribution < -0.4 is 35.5 Å². The number of aliphatic hydroxyl groups is 1. The Morgan fingerprint density at radius 3 is 2.00 bits per heavy atom. The van der Waals surface area contributed by atoms with Gasteiger partial charge in [-0.2, -0.15) is 0 Å². The SMILES string of the molecule is CC(C)(C)[Si](Oc1ccc(OC[C@@H](O)CNCCc2ccc(NC3CCN(C(=O)NCCC(=O)N4CCOCC4)CC3)cc2)cc1)(c1ccccc1)c1ccccc1. The molecule has 11 nitrogen and oxygen atoms in total. The molecule has 4 aromatic rings. The smallest absolute Gasteiger partial charge is 0.319 e. The van der Waals surface area contributed by atoms with Crippen LogP contribution in [0.15, 0.2) is 109 Å². The first-order valence-corrected chi connectivity index (χ1v) is 22.7. The summed E-state index contributed by atoms with van der Waals surface area (Å²) in [6.07, 6.45) is 2.22. The summed E-state index contributed by atoms with van der Waals surface area (Å²) in [5.41, 5.74) is 2.28. The van der Waals surface area contributed by atoms with Gasteiger partial charge in [0.05, 0.1) is 13.2 Å². The number of carbonyl (C=O) groups excluding carboxylic acids is 2. The Balaban J connectivity index is 0.870. The third kappa shape index (κ3) is 11.6. The van der Waals surface area contributed by atoms with Crippen LogP contribution in [0.5, 0.6) is 11.5 Å². The van der Waals surface area contributed by atoms with E-state index in [1.165, 1.54) is 15.9 Å². The fourth-order valence-corrected chi connectivity index (χ4v) is 12.2. The number of nitrogens with zero attached hydrogens (tertiary/aromatic N) is 2. The molecule has 4 aromatic carbocycles. The number of morpholine rings is 1. The summed E-state index contributed by atoms with van der Waals surface area (Å²) in [7, 11) is -2.73. The van der Waals surface area contributed by atoms with Crippen molar-refractivity contribution in [2.75, 3.05) is 71.0 Å². The number of nitrogens with one attached hydrogen (secondary N) is 3. The summed E-state index contributed by atoms with van der Waals surface area (Å²) in [6, 6.07) is 37.6. The molecular formula is C46H61N5O6Si. The monoisotopic (exact) mass is 807 g/mol. The number of rotatable bonds is 17. The average Bonchev–Trinajstić information content (AvgIpc) is 3.25. The zero-order valence-corrected chi connectivity index (χ0v) is 35.3. The van der Waals surface area contributed by atoms with Crippen molar-refractivity contribution in [1.82, 2.24) is 20.4 Å². The van der Waals surface area contributed by atoms with Crippen LogP contribution in [-0.4, -0.2) is 113 Å². The zero-order chi connectivity index (χ0) is 40.8. The van der Waals surface area contributed by atoms with Crippen molar-refractivity contribution in [3.8, 4) is 11.5 Å². The number of benzene rings is 4. The highest BCUT2D eigenvalue weighted by atomic mass is 28.4. The summed E-state index contributed by atoms with van der Waals surface area (Å²) >= 11 is 0. The molecule has 2 fully saturated rings. The predicted octanol–water partition coefficient (Wildman–Crippen LogP) is 5.03. The second-order valence-electron chi connectivity index (χ2n) is 16.2. The molecule has 0 saturated carbocycles. The molecule has 3 amide bonds. The molecule has 58 heavy (non-hydrogen) atoms. The number of hydrogen-bond acceptors (Lipinski definition) is 8. The number of hydrogen-bond donors (Lipinski definition) is 4. The Kier molecular flexibility index (Phi) is 15.2. The fraction of sp³-hybridized carbons (Fsp3) is 0.435. The van der Waals surface area contributed by atoms with E-state index in [1.807, 2.05) is 41.3 Å². The van der Waals surface area contributed by atoms with E-state index in [0.717, 1.165) is 37.2 Å². The van der Waals surface area contributed by atoms with E-state index in [0.29, 0.717) is 70.7 Å². The van der Waals surface area contributed by atoms with E-state index in [4.69, 9.17) is 13.9 Å². The van der Waals surface area contributed by atoms with Gasteiger partial charge in [0.25, 0.3) is 0 Å². The van der Waals surface area contributed by atoms with Gasteiger partial charge in [0.1, 0.15) is 24.2 Å². The van der Waals surface area contributed by atoms with E-state index in [1.54, 1.807) is 4.90 Å². The molecule has 2 heterocycles. The van der Waals surface area contributed by atoms with Crippen LogP contribution in [0.1, 0.15) is 45.6 Å². The van der Waals surface area contributed by atoms with Gasteiger partial charge in [-0.05, 0) is 83.2 Å². The van der Waals surface area contributed by atoms with E-state index in [2.05, 4.69) is 110 Å². The normalized spacial score (nSPS) is 15.7. The minimum Gasteiger partial charge on any atom is -0.534 e. The van der Waals surface area contributed by atoms with E-state index in [-0.39, 0.29) is 23.6 Å². The third-order valence-corrected chi connectivity index (χ3v) is 16.0. The highest BCUT2D eigenvalue weighted by Crippen LogP contribution is 2.38. The number of carbonyl (C=O) groups is 2. The number of likely N-dealkylation sites (tertiary alicyclic amines) is 1. The molecule has 0 spiro atoms. The third-order valence-electron chi connectivity index (χ3n) is 11.0. The molecule has 0 aliphatic carbocycles.